The number of ether oxygens (including phenoxy) is 1. The number of benzene rings is 1. The Labute approximate surface area is 196 Å². The zero-order valence-electron chi connectivity index (χ0n) is 19.8. The maximum atomic E-state index is 13.7. The first-order valence-corrected chi connectivity index (χ1v) is 12.2. The number of halogens is 1. The van der Waals surface area contributed by atoms with Crippen LogP contribution in [-0.2, 0) is 20.8 Å². The van der Waals surface area contributed by atoms with Crippen molar-refractivity contribution >= 4 is 41.0 Å². The number of Topliss-reactive ketones (excluding diaryl/α,β-unsaturated/α-hetero) is 1. The van der Waals surface area contributed by atoms with Crippen LogP contribution in [0.15, 0.2) is 6.07 Å². The highest BCUT2D eigenvalue weighted by molar-refractivity contribution is 6.15. The van der Waals surface area contributed by atoms with Crippen molar-refractivity contribution in [3.63, 3.8) is 0 Å². The van der Waals surface area contributed by atoms with Gasteiger partial charge >= 0.3 is 0 Å². The Hall–Kier alpha value is -2.08. The van der Waals surface area contributed by atoms with Gasteiger partial charge in [0.05, 0.1) is 23.9 Å². The molecule has 32 heavy (non-hydrogen) atoms. The third kappa shape index (κ3) is 3.70. The van der Waals surface area contributed by atoms with Crippen LogP contribution in [0, 0.1) is 10.8 Å². The fourth-order valence-electron chi connectivity index (χ4n) is 6.27. The van der Waals surface area contributed by atoms with Gasteiger partial charge in [-0.3, -0.25) is 9.59 Å². The summed E-state index contributed by atoms with van der Waals surface area (Å²) in [6.45, 7) is 7.05. The van der Waals surface area contributed by atoms with E-state index in [9.17, 15) is 9.59 Å². The smallest absolute Gasteiger partial charge is 0.233 e. The molecule has 5 rings (SSSR count). The maximum absolute atomic E-state index is 13.7. The van der Waals surface area contributed by atoms with Gasteiger partial charge in [0.15, 0.2) is 0 Å². The molecule has 1 atom stereocenters. The molecule has 2 aliphatic carbocycles. The Bertz CT molecular complexity index is 906. The standard InChI is InChI=1S/C22H28N2O3.C2H4O.CH3Cl/c1-13-11-23-19-17(27-3)10-16-15(18(13)19)4-9-24(16)20(26)22-7-5-21(12-22,6-8-22)14(2)25;1-2-3;1-2/h10,13,23H,4-9,11-12H2,1-3H3;2H,1H3;1H3. The number of nitrogens with one attached hydrogen (secondary N) is 1. The molecule has 0 radical (unpaired) electrons. The zero-order chi connectivity index (χ0) is 23.7. The normalized spacial score (nSPS) is 28.4. The van der Waals surface area contributed by atoms with E-state index >= 15 is 0 Å². The molecule has 0 aromatic heterocycles. The van der Waals surface area contributed by atoms with Gasteiger partial charge in [0, 0.05) is 36.9 Å². The molecule has 1 N–H and O–H groups in total. The van der Waals surface area contributed by atoms with Crippen LogP contribution in [-0.4, -0.2) is 44.6 Å². The summed E-state index contributed by atoms with van der Waals surface area (Å²) in [5.41, 5.74) is 4.21. The van der Waals surface area contributed by atoms with Crippen molar-refractivity contribution < 1.29 is 19.1 Å². The number of alkyl halides is 1. The van der Waals surface area contributed by atoms with E-state index in [4.69, 9.17) is 9.53 Å². The second-order valence-electron chi connectivity index (χ2n) is 9.38. The first-order valence-electron chi connectivity index (χ1n) is 11.4. The van der Waals surface area contributed by atoms with E-state index in [1.54, 1.807) is 14.0 Å². The van der Waals surface area contributed by atoms with E-state index in [0.29, 0.717) is 5.92 Å². The number of hydrogen-bond acceptors (Lipinski definition) is 5. The molecule has 7 heteroatoms. The van der Waals surface area contributed by atoms with E-state index in [0.717, 1.165) is 75.0 Å². The molecular formula is C25H35ClN2O4. The van der Waals surface area contributed by atoms with Crippen LogP contribution in [0.2, 0.25) is 0 Å². The van der Waals surface area contributed by atoms with Gasteiger partial charge in [-0.15, -0.1) is 11.6 Å². The summed E-state index contributed by atoms with van der Waals surface area (Å²) in [6.07, 6.45) is 7.36. The number of hydrogen-bond donors (Lipinski definition) is 1. The summed E-state index contributed by atoms with van der Waals surface area (Å²) in [5, 5.41) is 3.48. The molecule has 2 aliphatic heterocycles. The van der Waals surface area contributed by atoms with Gasteiger partial charge < -0.3 is 19.7 Å². The number of fused-ring (bicyclic) bond motifs is 5. The molecule has 0 spiro atoms. The highest BCUT2D eigenvalue weighted by Gasteiger charge is 2.61. The van der Waals surface area contributed by atoms with E-state index in [-0.39, 0.29) is 22.5 Å². The van der Waals surface area contributed by atoms with Crippen LogP contribution in [0.5, 0.6) is 5.75 Å². The largest absolute Gasteiger partial charge is 0.495 e. The van der Waals surface area contributed by atoms with Crippen molar-refractivity contribution in [2.45, 2.75) is 65.2 Å². The summed E-state index contributed by atoms with van der Waals surface area (Å²) in [6, 6.07) is 2.04. The number of amides is 1. The lowest BCUT2D eigenvalue weighted by atomic mass is 9.79. The van der Waals surface area contributed by atoms with Gasteiger partial charge in [-0.2, -0.15) is 0 Å². The van der Waals surface area contributed by atoms with Gasteiger partial charge in [-0.25, -0.2) is 0 Å². The van der Waals surface area contributed by atoms with E-state index < -0.39 is 0 Å². The number of rotatable bonds is 3. The summed E-state index contributed by atoms with van der Waals surface area (Å²) in [4.78, 5) is 36.7. The third-order valence-corrected chi connectivity index (χ3v) is 7.88. The lowest BCUT2D eigenvalue weighted by molar-refractivity contribution is -0.127. The summed E-state index contributed by atoms with van der Waals surface area (Å²) < 4.78 is 5.65. The van der Waals surface area contributed by atoms with Crippen molar-refractivity contribution in [1.82, 2.24) is 0 Å². The summed E-state index contributed by atoms with van der Waals surface area (Å²) in [7, 11) is 1.70. The molecule has 0 saturated heterocycles. The molecule has 176 valence electrons. The first kappa shape index (κ1) is 24.6. The van der Waals surface area contributed by atoms with Gasteiger partial charge in [0.2, 0.25) is 5.91 Å². The molecule has 1 unspecified atom stereocenters. The predicted octanol–water partition coefficient (Wildman–Crippen LogP) is 4.71. The Morgan fingerprint density at radius 2 is 1.81 bits per heavy atom. The third-order valence-electron chi connectivity index (χ3n) is 7.88. The van der Waals surface area contributed by atoms with Crippen LogP contribution in [0.1, 0.15) is 69.9 Å². The van der Waals surface area contributed by atoms with Crippen molar-refractivity contribution in [3.8, 4) is 5.75 Å². The average Bonchev–Trinajstić information content (AvgIpc) is 3.57. The lowest BCUT2D eigenvalue weighted by Crippen LogP contribution is -2.41. The van der Waals surface area contributed by atoms with E-state index in [1.807, 2.05) is 11.0 Å². The molecule has 2 fully saturated rings. The molecule has 2 saturated carbocycles. The van der Waals surface area contributed by atoms with Crippen molar-refractivity contribution in [2.75, 3.05) is 36.8 Å². The Morgan fingerprint density at radius 1 is 1.22 bits per heavy atom. The topological polar surface area (TPSA) is 75.7 Å². The number of anilines is 2. The van der Waals surface area contributed by atoms with E-state index in [1.165, 1.54) is 24.4 Å². The number of ketones is 1. The predicted molar refractivity (Wildman–Crippen MR) is 128 cm³/mol. The minimum atomic E-state index is -0.330. The Morgan fingerprint density at radius 3 is 2.34 bits per heavy atom. The SMILES string of the molecule is CC=O.CCl.COc1cc2c(c3c1NCC3C)CCN2C(=O)C12CCC(C(C)=O)(CC1)C2. The number of nitrogens with zero attached hydrogens (tertiary/aromatic N) is 1. The molecule has 1 aromatic carbocycles. The monoisotopic (exact) mass is 462 g/mol. The molecular weight excluding hydrogens is 428 g/mol. The molecule has 4 aliphatic rings. The van der Waals surface area contributed by atoms with Gasteiger partial charge in [-0.05, 0) is 63.5 Å². The Kier molecular flexibility index (Phi) is 7.23. The Balaban J connectivity index is 0.000000536. The van der Waals surface area contributed by atoms with Crippen LogP contribution in [0.4, 0.5) is 11.4 Å². The maximum Gasteiger partial charge on any atom is 0.233 e. The van der Waals surface area contributed by atoms with Crippen molar-refractivity contribution in [1.29, 1.82) is 0 Å². The minimum Gasteiger partial charge on any atom is -0.495 e. The average molecular weight is 463 g/mol. The number of carbonyl (C=O) groups excluding carboxylic acids is 3. The van der Waals surface area contributed by atoms with Gasteiger partial charge in [0.1, 0.15) is 17.8 Å². The van der Waals surface area contributed by atoms with E-state index in [2.05, 4.69) is 23.8 Å². The molecule has 2 bridgehead atoms. The van der Waals surface area contributed by atoms with Gasteiger partial charge in [-0.1, -0.05) is 6.92 Å². The second-order valence-corrected chi connectivity index (χ2v) is 9.38. The van der Waals surface area contributed by atoms with Crippen LogP contribution < -0.4 is 15.0 Å². The molecule has 1 aromatic rings. The highest BCUT2D eigenvalue weighted by Crippen LogP contribution is 2.63. The molecule has 1 amide bonds. The van der Waals surface area contributed by atoms with Gasteiger partial charge in [0.25, 0.3) is 0 Å². The van der Waals surface area contributed by atoms with Crippen LogP contribution >= 0.6 is 11.6 Å². The highest BCUT2D eigenvalue weighted by atomic mass is 35.5. The fraction of sp³-hybridized carbons (Fsp3) is 0.640. The minimum absolute atomic E-state index is 0.230. The van der Waals surface area contributed by atoms with Crippen LogP contribution in [0.25, 0.3) is 0 Å². The lowest BCUT2D eigenvalue weighted by Gasteiger charge is -2.31. The fourth-order valence-corrected chi connectivity index (χ4v) is 6.27. The molecule has 6 nitrogen and oxygen atoms in total. The quantitative estimate of drug-likeness (QED) is 0.520. The van der Waals surface area contributed by atoms with Crippen LogP contribution in [0.3, 0.4) is 0 Å². The number of methoxy groups -OCH3 is 1. The van der Waals surface area contributed by atoms with Crippen molar-refractivity contribution in [2.24, 2.45) is 10.8 Å². The number of carbonyl (C=O) groups is 3. The zero-order valence-corrected chi connectivity index (χ0v) is 20.6. The first-order chi connectivity index (χ1) is 15.3. The van der Waals surface area contributed by atoms with Crippen molar-refractivity contribution in [3.05, 3.63) is 17.2 Å². The summed E-state index contributed by atoms with van der Waals surface area (Å²) in [5.74, 6) is 1.78. The second kappa shape index (κ2) is 9.42. The number of aldehydes is 1. The summed E-state index contributed by atoms with van der Waals surface area (Å²) >= 11 is 4.64. The molecule has 2 heterocycles.